The maximum atomic E-state index is 13.7. The van der Waals surface area contributed by atoms with Crippen molar-refractivity contribution in [1.82, 2.24) is 0 Å². The minimum Gasteiger partial charge on any atom is -0.385 e. The summed E-state index contributed by atoms with van der Waals surface area (Å²) in [6, 6.07) is 2.77. The predicted octanol–water partition coefficient (Wildman–Crippen LogP) is 4.88. The highest BCUT2D eigenvalue weighted by atomic mass is 19.4. The summed E-state index contributed by atoms with van der Waals surface area (Å²) in [4.78, 5) is 0. The van der Waals surface area contributed by atoms with Crippen LogP contribution in [-0.4, -0.2) is 5.11 Å². The van der Waals surface area contributed by atoms with Gasteiger partial charge < -0.3 is 5.11 Å². The van der Waals surface area contributed by atoms with E-state index in [9.17, 15) is 22.7 Å². The van der Waals surface area contributed by atoms with E-state index in [0.717, 1.165) is 25.0 Å². The Hall–Kier alpha value is -1.10. The van der Waals surface area contributed by atoms with Gasteiger partial charge in [0.05, 0.1) is 11.2 Å². The third-order valence-corrected chi connectivity index (χ3v) is 4.52. The molecule has 0 amide bonds. The molecule has 0 heterocycles. The normalized spacial score (nSPS) is 27.1. The minimum absolute atomic E-state index is 0.248. The molecule has 0 bridgehead atoms. The lowest BCUT2D eigenvalue weighted by Gasteiger charge is -2.39. The van der Waals surface area contributed by atoms with Gasteiger partial charge in [0.1, 0.15) is 5.82 Å². The molecule has 1 saturated carbocycles. The molecule has 2 atom stereocenters. The summed E-state index contributed by atoms with van der Waals surface area (Å²) in [5.74, 6) is -0.634. The van der Waals surface area contributed by atoms with E-state index in [0.29, 0.717) is 24.7 Å². The van der Waals surface area contributed by atoms with E-state index in [1.807, 2.05) is 0 Å². The quantitative estimate of drug-likeness (QED) is 0.772. The number of rotatable bonds is 2. The van der Waals surface area contributed by atoms with Gasteiger partial charge in [0.25, 0.3) is 0 Å². The number of halogens is 4. The van der Waals surface area contributed by atoms with E-state index in [4.69, 9.17) is 0 Å². The molecule has 1 N–H and O–H groups in total. The van der Waals surface area contributed by atoms with E-state index in [-0.39, 0.29) is 5.56 Å². The van der Waals surface area contributed by atoms with Crippen LogP contribution in [0.2, 0.25) is 0 Å². The maximum absolute atomic E-state index is 13.7. The van der Waals surface area contributed by atoms with Gasteiger partial charge in [0.2, 0.25) is 0 Å². The molecule has 1 nitrogen and oxygen atoms in total. The second kappa shape index (κ2) is 5.59. The van der Waals surface area contributed by atoms with E-state index in [2.05, 4.69) is 13.8 Å². The molecule has 1 aliphatic carbocycles. The van der Waals surface area contributed by atoms with Gasteiger partial charge in [0, 0.05) is 0 Å². The zero-order valence-electron chi connectivity index (χ0n) is 12.2. The molecule has 0 saturated heterocycles. The lowest BCUT2D eigenvalue weighted by Crippen LogP contribution is -2.34. The van der Waals surface area contributed by atoms with Gasteiger partial charge >= 0.3 is 6.18 Å². The van der Waals surface area contributed by atoms with Crippen molar-refractivity contribution in [1.29, 1.82) is 0 Å². The van der Waals surface area contributed by atoms with Crippen LogP contribution in [0.15, 0.2) is 18.2 Å². The Morgan fingerprint density at radius 2 is 1.95 bits per heavy atom. The SMILES string of the molecule is CC(C)C1CCCC(O)(c2ccc(C(F)(F)F)c(F)c2)C1. The largest absolute Gasteiger partial charge is 0.419 e. The Morgan fingerprint density at radius 3 is 2.48 bits per heavy atom. The average molecular weight is 304 g/mol. The Balaban J connectivity index is 2.31. The van der Waals surface area contributed by atoms with Gasteiger partial charge in [0.15, 0.2) is 0 Å². The molecule has 0 radical (unpaired) electrons. The average Bonchev–Trinajstić information content (AvgIpc) is 2.37. The third-order valence-electron chi connectivity index (χ3n) is 4.52. The van der Waals surface area contributed by atoms with Crippen LogP contribution in [-0.2, 0) is 11.8 Å². The summed E-state index contributed by atoms with van der Waals surface area (Å²) in [5, 5.41) is 10.7. The van der Waals surface area contributed by atoms with Crippen LogP contribution < -0.4 is 0 Å². The first-order valence-corrected chi connectivity index (χ1v) is 7.23. The minimum atomic E-state index is -4.71. The number of hydrogen-bond acceptors (Lipinski definition) is 1. The molecular weight excluding hydrogens is 284 g/mol. The van der Waals surface area contributed by atoms with Crippen molar-refractivity contribution in [3.05, 3.63) is 35.1 Å². The van der Waals surface area contributed by atoms with Crippen molar-refractivity contribution in [3.63, 3.8) is 0 Å². The summed E-state index contributed by atoms with van der Waals surface area (Å²) in [7, 11) is 0. The fourth-order valence-corrected chi connectivity index (χ4v) is 3.16. The predicted molar refractivity (Wildman–Crippen MR) is 72.1 cm³/mol. The summed E-state index contributed by atoms with van der Waals surface area (Å²) in [5.41, 5.74) is -2.26. The molecule has 0 aromatic heterocycles. The maximum Gasteiger partial charge on any atom is 0.419 e. The fourth-order valence-electron chi connectivity index (χ4n) is 3.16. The van der Waals surface area contributed by atoms with Crippen LogP contribution in [0.4, 0.5) is 17.6 Å². The Morgan fingerprint density at radius 1 is 1.29 bits per heavy atom. The van der Waals surface area contributed by atoms with Crippen LogP contribution in [0.5, 0.6) is 0 Å². The second-order valence-corrected chi connectivity index (χ2v) is 6.32. The van der Waals surface area contributed by atoms with E-state index < -0.39 is 23.2 Å². The van der Waals surface area contributed by atoms with Gasteiger partial charge in [-0.25, -0.2) is 4.39 Å². The summed E-state index contributed by atoms with van der Waals surface area (Å²) < 4.78 is 51.4. The lowest BCUT2D eigenvalue weighted by atomic mass is 9.71. The molecule has 2 unspecified atom stereocenters. The first kappa shape index (κ1) is 16.3. The molecule has 0 spiro atoms. The summed E-state index contributed by atoms with van der Waals surface area (Å²) >= 11 is 0. The monoisotopic (exact) mass is 304 g/mol. The lowest BCUT2D eigenvalue weighted by molar-refractivity contribution is -0.140. The van der Waals surface area contributed by atoms with Crippen molar-refractivity contribution in [2.24, 2.45) is 11.8 Å². The van der Waals surface area contributed by atoms with Crippen molar-refractivity contribution in [2.75, 3.05) is 0 Å². The van der Waals surface area contributed by atoms with Crippen LogP contribution in [0.3, 0.4) is 0 Å². The Labute approximate surface area is 122 Å². The number of aliphatic hydroxyl groups is 1. The van der Waals surface area contributed by atoms with Crippen molar-refractivity contribution in [3.8, 4) is 0 Å². The highest BCUT2D eigenvalue weighted by Crippen LogP contribution is 2.43. The van der Waals surface area contributed by atoms with Gasteiger partial charge in [-0.1, -0.05) is 19.9 Å². The number of benzene rings is 1. The zero-order valence-corrected chi connectivity index (χ0v) is 12.2. The molecule has 1 aromatic rings. The molecule has 118 valence electrons. The van der Waals surface area contributed by atoms with Crippen LogP contribution in [0, 0.1) is 17.7 Å². The van der Waals surface area contributed by atoms with Crippen molar-refractivity contribution >= 4 is 0 Å². The molecule has 2 rings (SSSR count). The zero-order chi connectivity index (χ0) is 15.8. The molecular formula is C16H20F4O. The highest BCUT2D eigenvalue weighted by Gasteiger charge is 2.39. The summed E-state index contributed by atoms with van der Waals surface area (Å²) in [6.07, 6.45) is -2.00. The van der Waals surface area contributed by atoms with Crippen LogP contribution >= 0.6 is 0 Å². The van der Waals surface area contributed by atoms with Crippen molar-refractivity contribution < 1.29 is 22.7 Å². The first-order chi connectivity index (χ1) is 9.63. The van der Waals surface area contributed by atoms with Gasteiger partial charge in [-0.3, -0.25) is 0 Å². The van der Waals surface area contributed by atoms with Gasteiger partial charge in [-0.05, 0) is 55.2 Å². The van der Waals surface area contributed by atoms with Crippen LogP contribution in [0.1, 0.15) is 50.7 Å². The molecule has 0 aliphatic heterocycles. The first-order valence-electron chi connectivity index (χ1n) is 7.23. The van der Waals surface area contributed by atoms with Crippen LogP contribution in [0.25, 0.3) is 0 Å². The van der Waals surface area contributed by atoms with Gasteiger partial charge in [-0.2, -0.15) is 13.2 Å². The molecule has 1 aromatic carbocycles. The Bertz CT molecular complexity index is 509. The molecule has 5 heteroatoms. The van der Waals surface area contributed by atoms with Crippen molar-refractivity contribution in [2.45, 2.75) is 51.3 Å². The molecule has 1 fully saturated rings. The number of hydrogen-bond donors (Lipinski definition) is 1. The molecule has 21 heavy (non-hydrogen) atoms. The van der Waals surface area contributed by atoms with E-state index in [1.165, 1.54) is 6.07 Å². The Kier molecular flexibility index (Phi) is 4.34. The van der Waals surface area contributed by atoms with E-state index in [1.54, 1.807) is 0 Å². The van der Waals surface area contributed by atoms with Gasteiger partial charge in [-0.15, -0.1) is 0 Å². The third kappa shape index (κ3) is 3.39. The summed E-state index contributed by atoms with van der Waals surface area (Å²) in [6.45, 7) is 4.12. The van der Waals surface area contributed by atoms with E-state index >= 15 is 0 Å². The second-order valence-electron chi connectivity index (χ2n) is 6.32. The molecule has 1 aliphatic rings. The fraction of sp³-hybridized carbons (Fsp3) is 0.625. The smallest absolute Gasteiger partial charge is 0.385 e. The topological polar surface area (TPSA) is 20.2 Å². The highest BCUT2D eigenvalue weighted by molar-refractivity contribution is 5.30. The standard InChI is InChI=1S/C16H20F4O/c1-10(2)11-4-3-7-15(21,9-11)12-5-6-13(14(17)8-12)16(18,19)20/h5-6,8,10-11,21H,3-4,7,9H2,1-2H3. The number of alkyl halides is 3.